The van der Waals surface area contributed by atoms with Crippen LogP contribution >= 0.6 is 11.3 Å². The van der Waals surface area contributed by atoms with Gasteiger partial charge in [-0.2, -0.15) is 0 Å². The molecular weight excluding hydrogens is 398 g/mol. The van der Waals surface area contributed by atoms with Crippen LogP contribution in [-0.4, -0.2) is 24.3 Å². The van der Waals surface area contributed by atoms with Crippen LogP contribution in [0, 0.1) is 12.8 Å². The highest BCUT2D eigenvalue weighted by Crippen LogP contribution is 2.27. The van der Waals surface area contributed by atoms with Crippen LogP contribution in [0.2, 0.25) is 0 Å². The Labute approximate surface area is 178 Å². The lowest BCUT2D eigenvalue weighted by molar-refractivity contribution is -0.122. The minimum atomic E-state index is -0.428. The molecule has 0 radical (unpaired) electrons. The van der Waals surface area contributed by atoms with Gasteiger partial charge in [-0.15, -0.1) is 11.3 Å². The normalized spacial score (nSPS) is 15.8. The number of amides is 3. The Morgan fingerprint density at radius 2 is 1.73 bits per heavy atom. The predicted octanol–water partition coefficient (Wildman–Crippen LogP) is 4.30. The third-order valence-corrected chi connectivity index (χ3v) is 5.84. The van der Waals surface area contributed by atoms with E-state index in [1.165, 1.54) is 11.3 Å². The van der Waals surface area contributed by atoms with Crippen LogP contribution in [0.3, 0.4) is 0 Å². The molecule has 1 aliphatic heterocycles. The molecule has 7 heteroatoms. The van der Waals surface area contributed by atoms with Gasteiger partial charge < -0.3 is 15.5 Å². The van der Waals surface area contributed by atoms with Gasteiger partial charge in [0, 0.05) is 30.0 Å². The fourth-order valence-corrected chi connectivity index (χ4v) is 4.00. The van der Waals surface area contributed by atoms with Crippen molar-refractivity contribution in [2.45, 2.75) is 13.3 Å². The average molecular weight is 420 g/mol. The summed E-state index contributed by atoms with van der Waals surface area (Å²) in [6, 6.07) is 18.3. The molecule has 1 aliphatic rings. The maximum atomic E-state index is 12.7. The second-order valence-corrected chi connectivity index (χ2v) is 8.19. The summed E-state index contributed by atoms with van der Waals surface area (Å²) in [7, 11) is 0. The van der Waals surface area contributed by atoms with Gasteiger partial charge in [0.15, 0.2) is 0 Å². The van der Waals surface area contributed by atoms with Crippen LogP contribution in [0.4, 0.5) is 17.1 Å². The summed E-state index contributed by atoms with van der Waals surface area (Å²) in [4.78, 5) is 39.6. The van der Waals surface area contributed by atoms with E-state index >= 15 is 0 Å². The zero-order chi connectivity index (χ0) is 21.1. The smallest absolute Gasteiger partial charge is 0.265 e. The van der Waals surface area contributed by atoms with E-state index in [1.54, 1.807) is 35.2 Å². The molecule has 2 N–H and O–H groups in total. The van der Waals surface area contributed by atoms with Crippen LogP contribution < -0.4 is 15.5 Å². The Morgan fingerprint density at radius 3 is 2.43 bits per heavy atom. The van der Waals surface area contributed by atoms with Crippen LogP contribution in [0.15, 0.2) is 66.0 Å². The number of rotatable bonds is 5. The van der Waals surface area contributed by atoms with Crippen LogP contribution in [-0.2, 0) is 9.59 Å². The van der Waals surface area contributed by atoms with E-state index in [1.807, 2.05) is 42.6 Å². The van der Waals surface area contributed by atoms with Gasteiger partial charge >= 0.3 is 0 Å². The lowest BCUT2D eigenvalue weighted by Crippen LogP contribution is -2.28. The standard InChI is InChI=1S/C23H21N3O3S/c1-15-7-9-19(10-8-15)26-14-16(12-21(26)27)22(28)24-17-4-2-5-18(13-17)25-23(29)20-6-3-11-30-20/h2-11,13,16H,12,14H2,1H3,(H,24,28)(H,25,29). The predicted molar refractivity (Wildman–Crippen MR) is 119 cm³/mol. The second kappa shape index (κ2) is 8.51. The maximum Gasteiger partial charge on any atom is 0.265 e. The maximum absolute atomic E-state index is 12.7. The molecule has 1 unspecified atom stereocenters. The average Bonchev–Trinajstić information content (AvgIpc) is 3.39. The van der Waals surface area contributed by atoms with Crippen molar-refractivity contribution in [1.82, 2.24) is 0 Å². The van der Waals surface area contributed by atoms with Gasteiger partial charge in [-0.3, -0.25) is 14.4 Å². The van der Waals surface area contributed by atoms with E-state index in [0.717, 1.165) is 11.3 Å². The highest BCUT2D eigenvalue weighted by atomic mass is 32.1. The molecule has 1 aromatic heterocycles. The van der Waals surface area contributed by atoms with E-state index in [9.17, 15) is 14.4 Å². The second-order valence-electron chi connectivity index (χ2n) is 7.24. The van der Waals surface area contributed by atoms with Crippen molar-refractivity contribution in [3.63, 3.8) is 0 Å². The molecule has 1 saturated heterocycles. The molecule has 3 amide bonds. The molecule has 1 fully saturated rings. The number of carbonyl (C=O) groups is 3. The first-order valence-corrected chi connectivity index (χ1v) is 10.5. The monoisotopic (exact) mass is 419 g/mol. The molecule has 30 heavy (non-hydrogen) atoms. The van der Waals surface area contributed by atoms with Crippen molar-refractivity contribution in [1.29, 1.82) is 0 Å². The fourth-order valence-electron chi connectivity index (χ4n) is 3.38. The molecule has 1 atom stereocenters. The minimum Gasteiger partial charge on any atom is -0.326 e. The van der Waals surface area contributed by atoms with Gasteiger partial charge in [-0.1, -0.05) is 29.8 Å². The summed E-state index contributed by atoms with van der Waals surface area (Å²) < 4.78 is 0. The molecule has 3 aromatic rings. The lowest BCUT2D eigenvalue weighted by atomic mass is 10.1. The Bertz CT molecular complexity index is 1080. The SMILES string of the molecule is Cc1ccc(N2CC(C(=O)Nc3cccc(NC(=O)c4cccs4)c3)CC2=O)cc1. The first-order chi connectivity index (χ1) is 14.5. The lowest BCUT2D eigenvalue weighted by Gasteiger charge is -2.17. The van der Waals surface area contributed by atoms with Crippen LogP contribution in [0.5, 0.6) is 0 Å². The minimum absolute atomic E-state index is 0.0593. The Kier molecular flexibility index (Phi) is 5.63. The van der Waals surface area contributed by atoms with Gasteiger partial charge in [0.05, 0.1) is 10.8 Å². The first kappa shape index (κ1) is 19.8. The van der Waals surface area contributed by atoms with E-state index in [2.05, 4.69) is 10.6 Å². The number of hydrogen-bond acceptors (Lipinski definition) is 4. The van der Waals surface area contributed by atoms with Crippen molar-refractivity contribution >= 4 is 46.1 Å². The molecule has 0 aliphatic carbocycles. The quantitative estimate of drug-likeness (QED) is 0.647. The highest BCUT2D eigenvalue weighted by Gasteiger charge is 2.35. The zero-order valence-electron chi connectivity index (χ0n) is 16.4. The molecule has 6 nitrogen and oxygen atoms in total. The van der Waals surface area contributed by atoms with Crippen molar-refractivity contribution in [3.8, 4) is 0 Å². The Morgan fingerprint density at radius 1 is 1.00 bits per heavy atom. The third kappa shape index (κ3) is 4.41. The summed E-state index contributed by atoms with van der Waals surface area (Å²) >= 11 is 1.36. The number of aryl methyl sites for hydroxylation is 1. The van der Waals surface area contributed by atoms with Crippen molar-refractivity contribution in [2.75, 3.05) is 22.1 Å². The zero-order valence-corrected chi connectivity index (χ0v) is 17.2. The Hall–Kier alpha value is -3.45. The molecule has 152 valence electrons. The number of nitrogens with one attached hydrogen (secondary N) is 2. The molecule has 4 rings (SSSR count). The van der Waals surface area contributed by atoms with Gasteiger partial charge in [0.1, 0.15) is 0 Å². The van der Waals surface area contributed by atoms with Crippen molar-refractivity contribution in [2.24, 2.45) is 5.92 Å². The molecular formula is C23H21N3O3S. The number of hydrogen-bond donors (Lipinski definition) is 2. The number of anilines is 3. The Balaban J connectivity index is 1.40. The van der Waals surface area contributed by atoms with E-state index in [-0.39, 0.29) is 24.1 Å². The third-order valence-electron chi connectivity index (χ3n) is 4.97. The largest absolute Gasteiger partial charge is 0.326 e. The fraction of sp³-hybridized carbons (Fsp3) is 0.174. The summed E-state index contributed by atoms with van der Waals surface area (Å²) in [6.07, 6.45) is 0.175. The number of nitrogens with zero attached hydrogens (tertiary/aromatic N) is 1. The molecule has 0 saturated carbocycles. The van der Waals surface area contributed by atoms with E-state index in [4.69, 9.17) is 0 Å². The number of carbonyl (C=O) groups excluding carboxylic acids is 3. The number of thiophene rings is 1. The summed E-state index contributed by atoms with van der Waals surface area (Å²) in [5.41, 5.74) is 3.09. The van der Waals surface area contributed by atoms with Crippen LogP contribution in [0.1, 0.15) is 21.7 Å². The summed E-state index contributed by atoms with van der Waals surface area (Å²) in [5.74, 6) is -0.887. The van der Waals surface area contributed by atoms with Gasteiger partial charge in [-0.05, 0) is 48.7 Å². The molecule has 0 bridgehead atoms. The molecule has 0 spiro atoms. The first-order valence-electron chi connectivity index (χ1n) is 9.62. The van der Waals surface area contributed by atoms with Gasteiger partial charge in [-0.25, -0.2) is 0 Å². The summed E-state index contributed by atoms with van der Waals surface area (Å²) in [6.45, 7) is 2.34. The van der Waals surface area contributed by atoms with Gasteiger partial charge in [0.25, 0.3) is 5.91 Å². The summed E-state index contributed by atoms with van der Waals surface area (Å²) in [5, 5.41) is 7.53. The van der Waals surface area contributed by atoms with E-state index in [0.29, 0.717) is 22.8 Å². The van der Waals surface area contributed by atoms with Gasteiger partial charge in [0.2, 0.25) is 11.8 Å². The van der Waals surface area contributed by atoms with Crippen molar-refractivity contribution in [3.05, 3.63) is 76.5 Å². The highest BCUT2D eigenvalue weighted by molar-refractivity contribution is 7.12. The topological polar surface area (TPSA) is 78.5 Å². The molecule has 2 aromatic carbocycles. The van der Waals surface area contributed by atoms with Crippen LogP contribution in [0.25, 0.3) is 0 Å². The van der Waals surface area contributed by atoms with E-state index < -0.39 is 5.92 Å². The van der Waals surface area contributed by atoms with Crippen molar-refractivity contribution < 1.29 is 14.4 Å². The number of benzene rings is 2. The molecule has 2 heterocycles.